The first kappa shape index (κ1) is 27.5. The number of carbonyl (C=O) groups excluding carboxylic acids is 1. The molecule has 0 radical (unpaired) electrons. The highest BCUT2D eigenvalue weighted by Crippen LogP contribution is 2.24. The number of carbonyl (C=O) groups is 1. The van der Waals surface area contributed by atoms with Crippen molar-refractivity contribution in [3.05, 3.63) is 70.5 Å². The lowest BCUT2D eigenvalue weighted by Gasteiger charge is -2.45. The van der Waals surface area contributed by atoms with Gasteiger partial charge in [-0.05, 0) is 61.1 Å². The Kier molecular flexibility index (Phi) is 8.91. The largest absolute Gasteiger partial charge is 0.508 e. The number of hydrogen-bond acceptors (Lipinski definition) is 7. The second-order valence-corrected chi connectivity index (χ2v) is 10.5. The van der Waals surface area contributed by atoms with Crippen LogP contribution in [0.25, 0.3) is 0 Å². The van der Waals surface area contributed by atoms with Crippen molar-refractivity contribution in [1.29, 1.82) is 0 Å². The predicted octanol–water partition coefficient (Wildman–Crippen LogP) is 3.68. The van der Waals surface area contributed by atoms with Crippen molar-refractivity contribution in [1.82, 2.24) is 15.3 Å². The van der Waals surface area contributed by atoms with Gasteiger partial charge in [0.2, 0.25) is 0 Å². The van der Waals surface area contributed by atoms with Crippen LogP contribution in [-0.4, -0.2) is 62.8 Å². The zero-order valence-corrected chi connectivity index (χ0v) is 22.2. The second kappa shape index (κ2) is 12.3. The van der Waals surface area contributed by atoms with Gasteiger partial charge in [0, 0.05) is 12.8 Å². The maximum Gasteiger partial charge on any atom is 0.274 e. The summed E-state index contributed by atoms with van der Waals surface area (Å²) in [5.74, 6) is 0.109. The number of aromatic nitrogens is 2. The molecule has 0 aliphatic carbocycles. The predicted molar refractivity (Wildman–Crippen MR) is 149 cm³/mol. The summed E-state index contributed by atoms with van der Waals surface area (Å²) >= 11 is 5.99. The number of rotatable bonds is 10. The molecule has 1 amide bonds. The SMILES string of the molecule is Nc1nc(N)c(C(=O)NC2CCC[N+](CCCc3ccc(O)cc3)(CCCc3ccc(O)cc3)C2)nc1Cl. The summed E-state index contributed by atoms with van der Waals surface area (Å²) in [4.78, 5) is 21.0. The number of likely N-dealkylation sites (tertiary alicyclic amines) is 1. The Bertz CT molecular complexity index is 1190. The Hall–Kier alpha value is -3.56. The van der Waals surface area contributed by atoms with Crippen LogP contribution in [0.3, 0.4) is 0 Å². The molecule has 1 fully saturated rings. The van der Waals surface area contributed by atoms with Crippen molar-refractivity contribution in [3.8, 4) is 11.5 Å². The number of nitrogen functional groups attached to an aromatic ring is 2. The van der Waals surface area contributed by atoms with Crippen molar-refractivity contribution < 1.29 is 19.5 Å². The van der Waals surface area contributed by atoms with Crippen LogP contribution in [0.1, 0.15) is 47.3 Å². The van der Waals surface area contributed by atoms with Gasteiger partial charge in [-0.3, -0.25) is 4.79 Å². The van der Waals surface area contributed by atoms with E-state index in [9.17, 15) is 15.0 Å². The second-order valence-electron chi connectivity index (χ2n) is 10.2. The maximum absolute atomic E-state index is 13.0. The highest BCUT2D eigenvalue weighted by molar-refractivity contribution is 6.31. The number of phenols is 2. The molecule has 7 N–H and O–H groups in total. The van der Waals surface area contributed by atoms with Crippen LogP contribution in [0.15, 0.2) is 48.5 Å². The van der Waals surface area contributed by atoms with E-state index in [1.807, 2.05) is 24.3 Å². The van der Waals surface area contributed by atoms with E-state index < -0.39 is 5.91 Å². The molecule has 9 nitrogen and oxygen atoms in total. The molecule has 1 aromatic heterocycles. The average Bonchev–Trinajstić information content (AvgIpc) is 2.89. The van der Waals surface area contributed by atoms with Crippen LogP contribution in [0.2, 0.25) is 5.15 Å². The molecule has 38 heavy (non-hydrogen) atoms. The van der Waals surface area contributed by atoms with Gasteiger partial charge in [-0.2, -0.15) is 0 Å². The number of hydrogen-bond donors (Lipinski definition) is 5. The number of piperidine rings is 1. The number of nitrogens with two attached hydrogens (primary N) is 2. The Labute approximate surface area is 228 Å². The monoisotopic (exact) mass is 539 g/mol. The molecule has 1 aliphatic heterocycles. The summed E-state index contributed by atoms with van der Waals surface area (Å²) < 4.78 is 0.908. The van der Waals surface area contributed by atoms with Gasteiger partial charge in [0.1, 0.15) is 11.5 Å². The molecular formula is C28H36ClN6O3+. The van der Waals surface area contributed by atoms with Crippen LogP contribution in [0.4, 0.5) is 11.6 Å². The Morgan fingerprint density at radius 1 is 0.921 bits per heavy atom. The molecule has 3 aromatic rings. The van der Waals surface area contributed by atoms with Gasteiger partial charge in [0.25, 0.3) is 5.91 Å². The lowest BCUT2D eigenvalue weighted by molar-refractivity contribution is -0.933. The van der Waals surface area contributed by atoms with E-state index in [1.165, 1.54) is 11.1 Å². The first-order valence-corrected chi connectivity index (χ1v) is 13.4. The highest BCUT2D eigenvalue weighted by Gasteiger charge is 2.35. The van der Waals surface area contributed by atoms with Gasteiger partial charge in [-0.1, -0.05) is 35.9 Å². The third-order valence-electron chi connectivity index (χ3n) is 7.32. The zero-order valence-electron chi connectivity index (χ0n) is 21.4. The maximum atomic E-state index is 13.0. The van der Waals surface area contributed by atoms with Crippen molar-refractivity contribution in [3.63, 3.8) is 0 Å². The van der Waals surface area contributed by atoms with Crippen LogP contribution in [0.5, 0.6) is 11.5 Å². The minimum atomic E-state index is -0.393. The van der Waals surface area contributed by atoms with Gasteiger partial charge in [0.05, 0.1) is 32.2 Å². The van der Waals surface area contributed by atoms with E-state index >= 15 is 0 Å². The zero-order chi connectivity index (χ0) is 27.1. The van der Waals surface area contributed by atoms with E-state index in [0.717, 1.165) is 69.2 Å². The smallest absolute Gasteiger partial charge is 0.274 e. The van der Waals surface area contributed by atoms with Gasteiger partial charge >= 0.3 is 0 Å². The van der Waals surface area contributed by atoms with Crippen LogP contribution in [0, 0.1) is 0 Å². The number of phenolic OH excluding ortho intramolecular Hbond substituents is 2. The first-order chi connectivity index (χ1) is 18.2. The molecule has 2 heterocycles. The van der Waals surface area contributed by atoms with Crippen LogP contribution >= 0.6 is 11.6 Å². The highest BCUT2D eigenvalue weighted by atomic mass is 35.5. The number of nitrogens with zero attached hydrogens (tertiary/aromatic N) is 3. The fourth-order valence-electron chi connectivity index (χ4n) is 5.38. The molecule has 0 saturated carbocycles. The molecule has 1 atom stereocenters. The number of anilines is 2. The summed E-state index contributed by atoms with van der Waals surface area (Å²) in [7, 11) is 0. The first-order valence-electron chi connectivity index (χ1n) is 13.0. The number of aryl methyl sites for hydroxylation is 2. The summed E-state index contributed by atoms with van der Waals surface area (Å²) in [5, 5.41) is 22.2. The molecule has 2 aromatic carbocycles. The average molecular weight is 540 g/mol. The van der Waals surface area contributed by atoms with E-state index in [4.69, 9.17) is 23.1 Å². The number of nitrogens with one attached hydrogen (secondary N) is 1. The number of aromatic hydroxyl groups is 2. The number of halogens is 1. The standard InChI is InChI=1S/C28H35ClN6O3/c29-25-27(31)34-26(30)24(33-25)28(38)32-21-6-3-17-35(18-21,15-1-4-19-7-11-22(36)12-8-19)16-2-5-20-9-13-23(37)14-10-20/h7-14,21H,1-6,15-18H2,(H6-,30,31,32,34,36,37,38)/p+1. The topological polar surface area (TPSA) is 147 Å². The minimum Gasteiger partial charge on any atom is -0.508 e. The van der Waals surface area contributed by atoms with E-state index in [1.54, 1.807) is 24.3 Å². The molecule has 10 heteroatoms. The van der Waals surface area contributed by atoms with Crippen molar-refractivity contribution in [2.24, 2.45) is 0 Å². The molecule has 1 aliphatic rings. The van der Waals surface area contributed by atoms with Crippen LogP contribution < -0.4 is 16.8 Å². The minimum absolute atomic E-state index is 0.00340. The molecule has 202 valence electrons. The summed E-state index contributed by atoms with van der Waals surface area (Å²) in [6, 6.07) is 14.7. The molecule has 0 spiro atoms. The van der Waals surface area contributed by atoms with Crippen LogP contribution in [-0.2, 0) is 12.8 Å². The number of amides is 1. The molecule has 0 bridgehead atoms. The molecule has 4 rings (SSSR count). The lowest BCUT2D eigenvalue weighted by Crippen LogP contribution is -2.60. The Balaban J connectivity index is 1.43. The van der Waals surface area contributed by atoms with E-state index in [0.29, 0.717) is 0 Å². The molecular weight excluding hydrogens is 504 g/mol. The lowest BCUT2D eigenvalue weighted by atomic mass is 9.99. The fourth-order valence-corrected chi connectivity index (χ4v) is 5.51. The van der Waals surface area contributed by atoms with Crippen molar-refractivity contribution >= 4 is 29.1 Å². The van der Waals surface area contributed by atoms with E-state index in [2.05, 4.69) is 15.3 Å². The summed E-state index contributed by atoms with van der Waals surface area (Å²) in [5.41, 5.74) is 13.9. The normalized spacial score (nSPS) is 16.7. The number of benzene rings is 2. The van der Waals surface area contributed by atoms with Crippen molar-refractivity contribution in [2.45, 2.75) is 44.6 Å². The van der Waals surface area contributed by atoms with Gasteiger partial charge < -0.3 is 31.5 Å². The molecule has 1 saturated heterocycles. The summed E-state index contributed by atoms with van der Waals surface area (Å²) in [6.45, 7) is 3.83. The van der Waals surface area contributed by atoms with E-state index in [-0.39, 0.29) is 40.0 Å². The fraction of sp³-hybridized carbons (Fsp3) is 0.393. The Morgan fingerprint density at radius 2 is 1.47 bits per heavy atom. The van der Waals surface area contributed by atoms with Gasteiger partial charge in [-0.15, -0.1) is 0 Å². The summed E-state index contributed by atoms with van der Waals surface area (Å²) in [6.07, 6.45) is 5.70. The van der Waals surface area contributed by atoms with Crippen molar-refractivity contribution in [2.75, 3.05) is 37.6 Å². The number of quaternary nitrogens is 1. The third kappa shape index (κ3) is 7.26. The quantitative estimate of drug-likeness (QED) is 0.247. The Morgan fingerprint density at radius 3 is 2.03 bits per heavy atom. The van der Waals surface area contributed by atoms with Gasteiger partial charge in [0.15, 0.2) is 22.5 Å². The molecule has 1 unspecified atom stereocenters. The third-order valence-corrected chi connectivity index (χ3v) is 7.59. The van der Waals surface area contributed by atoms with Gasteiger partial charge in [-0.25, -0.2) is 9.97 Å².